The van der Waals surface area contributed by atoms with Crippen LogP contribution in [0.4, 0.5) is 0 Å². The zero-order chi connectivity index (χ0) is 22.7. The van der Waals surface area contributed by atoms with Gasteiger partial charge in [-0.25, -0.2) is 0 Å². The van der Waals surface area contributed by atoms with Crippen molar-refractivity contribution in [2.75, 3.05) is 0 Å². The number of aliphatic hydroxyl groups excluding tert-OH is 2. The first-order valence-electron chi connectivity index (χ1n) is 10.9. The van der Waals surface area contributed by atoms with E-state index in [9.17, 15) is 10.2 Å². The Hall–Kier alpha value is -0.601. The monoisotopic (exact) mass is 542 g/mol. The van der Waals surface area contributed by atoms with E-state index >= 15 is 0 Å². The van der Waals surface area contributed by atoms with Gasteiger partial charge in [-0.1, -0.05) is 0 Å². The van der Waals surface area contributed by atoms with Crippen LogP contribution in [0, 0.1) is 0 Å². The molecule has 0 heterocycles. The average molecular weight is 541 g/mol. The van der Waals surface area contributed by atoms with Crippen LogP contribution in [-0.2, 0) is 10.8 Å². The molecule has 2 nitrogen and oxygen atoms in total. The Balaban J connectivity index is 2.46. The molecule has 2 atom stereocenters. The fourth-order valence-corrected chi connectivity index (χ4v) is 10.7. The molecule has 0 bridgehead atoms. The van der Waals surface area contributed by atoms with Gasteiger partial charge in [-0.15, -0.1) is 0 Å². The van der Waals surface area contributed by atoms with E-state index in [1.165, 1.54) is 20.1 Å². The van der Waals surface area contributed by atoms with Crippen LogP contribution < -0.4 is 8.92 Å². The van der Waals surface area contributed by atoms with Crippen molar-refractivity contribution >= 4 is 35.2 Å². The summed E-state index contributed by atoms with van der Waals surface area (Å²) in [6.45, 7) is 17.5. The average Bonchev–Trinajstić information content (AvgIpc) is 2.69. The number of rotatable bonds is 7. The van der Waals surface area contributed by atoms with Gasteiger partial charge in [-0.05, 0) is 0 Å². The van der Waals surface area contributed by atoms with Crippen molar-refractivity contribution in [2.45, 2.75) is 91.3 Å². The molecule has 0 aromatic heterocycles. The first kappa shape index (κ1) is 25.7. The molecular weight excluding hydrogens is 502 g/mol. The summed E-state index contributed by atoms with van der Waals surface area (Å²) in [6.07, 6.45) is 0.635. The molecule has 0 aliphatic carbocycles. The van der Waals surface area contributed by atoms with Gasteiger partial charge in [-0.3, -0.25) is 0 Å². The Morgan fingerprint density at radius 2 is 1.00 bits per heavy atom. The normalized spacial score (nSPS) is 14.6. The molecule has 0 fully saturated rings. The molecule has 30 heavy (non-hydrogen) atoms. The van der Waals surface area contributed by atoms with Gasteiger partial charge in [0.05, 0.1) is 0 Å². The molecule has 0 saturated carbocycles. The van der Waals surface area contributed by atoms with Crippen LogP contribution in [0.1, 0.15) is 103 Å². The van der Waals surface area contributed by atoms with Gasteiger partial charge in [0.1, 0.15) is 0 Å². The molecule has 4 heteroatoms. The van der Waals surface area contributed by atoms with E-state index in [0.717, 1.165) is 24.0 Å². The molecule has 0 unspecified atom stereocenters. The maximum atomic E-state index is 10.6. The summed E-state index contributed by atoms with van der Waals surface area (Å²) in [5.74, 6) is 0. The van der Waals surface area contributed by atoms with Crippen LogP contribution >= 0.6 is 0 Å². The van der Waals surface area contributed by atoms with Gasteiger partial charge in [-0.2, -0.15) is 0 Å². The fraction of sp³-hybridized carbons (Fsp3) is 0.538. The van der Waals surface area contributed by atoms with Crippen molar-refractivity contribution in [1.82, 2.24) is 0 Å². The van der Waals surface area contributed by atoms with E-state index in [0.29, 0.717) is 0 Å². The standard InChI is InChI=1S/C26H38O2Se2/c1-9-21(27)19-13-11-17(25(3,4)5)15-23(19)29-30-24-16-18(26(6,7)8)12-14-20(24)22(28)10-2/h11-16,21-22,27-28H,9-10H2,1-8H3/t21-,22-/m0/s1. The van der Waals surface area contributed by atoms with E-state index < -0.39 is 12.2 Å². The quantitative estimate of drug-likeness (QED) is 0.510. The van der Waals surface area contributed by atoms with E-state index in [2.05, 4.69) is 77.9 Å². The molecule has 166 valence electrons. The Kier molecular flexibility index (Phi) is 8.85. The Morgan fingerprint density at radius 1 is 0.667 bits per heavy atom. The fourth-order valence-electron chi connectivity index (χ4n) is 3.23. The topological polar surface area (TPSA) is 40.5 Å². The molecule has 2 N–H and O–H groups in total. The summed E-state index contributed by atoms with van der Waals surface area (Å²) in [7, 11) is 0. The predicted octanol–water partition coefficient (Wildman–Crippen LogP) is 4.44. The first-order valence-corrected chi connectivity index (χ1v) is 16.9. The molecule has 0 radical (unpaired) electrons. The SMILES string of the molecule is CC[C@H](O)c1ccc(C(C)(C)C)cc1[Se][Se]c1cc(C(C)(C)C)ccc1[C@@H](O)CC. The number of hydrogen-bond acceptors (Lipinski definition) is 2. The maximum absolute atomic E-state index is 10.6. The van der Waals surface area contributed by atoms with Crippen molar-refractivity contribution < 1.29 is 10.2 Å². The van der Waals surface area contributed by atoms with Crippen LogP contribution in [-0.4, -0.2) is 36.5 Å². The van der Waals surface area contributed by atoms with Gasteiger partial charge >= 0.3 is 195 Å². The van der Waals surface area contributed by atoms with E-state index in [1.54, 1.807) is 0 Å². The summed E-state index contributed by atoms with van der Waals surface area (Å²) >= 11 is 0.469. The van der Waals surface area contributed by atoms with Gasteiger partial charge in [0.2, 0.25) is 0 Å². The van der Waals surface area contributed by atoms with Crippen molar-refractivity contribution in [2.24, 2.45) is 0 Å². The molecular formula is C26H38O2Se2. The van der Waals surface area contributed by atoms with Crippen LogP contribution in [0.3, 0.4) is 0 Å². The van der Waals surface area contributed by atoms with Crippen molar-refractivity contribution in [3.8, 4) is 0 Å². The molecule has 2 rings (SSSR count). The summed E-state index contributed by atoms with van der Waals surface area (Å²) in [6, 6.07) is 13.3. The van der Waals surface area contributed by atoms with Crippen molar-refractivity contribution in [3.63, 3.8) is 0 Å². The predicted molar refractivity (Wildman–Crippen MR) is 132 cm³/mol. The van der Waals surface area contributed by atoms with Gasteiger partial charge in [0.15, 0.2) is 0 Å². The molecule has 0 amide bonds. The molecule has 2 aromatic rings. The third kappa shape index (κ3) is 6.45. The van der Waals surface area contributed by atoms with Crippen LogP contribution in [0.25, 0.3) is 0 Å². The number of benzene rings is 2. The zero-order valence-corrected chi connectivity index (χ0v) is 23.2. The second-order valence-corrected chi connectivity index (χ2v) is 16.2. The van der Waals surface area contributed by atoms with Gasteiger partial charge in [0, 0.05) is 0 Å². The molecule has 0 saturated heterocycles. The second-order valence-electron chi connectivity index (χ2n) is 10.0. The minimum absolute atomic E-state index is 0.0866. The molecule has 0 spiro atoms. The van der Waals surface area contributed by atoms with E-state index in [4.69, 9.17) is 0 Å². The van der Waals surface area contributed by atoms with E-state index in [1.807, 2.05) is 13.8 Å². The van der Waals surface area contributed by atoms with E-state index in [-0.39, 0.29) is 37.1 Å². The Labute approximate surface area is 194 Å². The van der Waals surface area contributed by atoms with Crippen LogP contribution in [0.15, 0.2) is 36.4 Å². The second kappa shape index (κ2) is 10.3. The van der Waals surface area contributed by atoms with Gasteiger partial charge in [0.25, 0.3) is 0 Å². The van der Waals surface area contributed by atoms with Crippen molar-refractivity contribution in [3.05, 3.63) is 58.7 Å². The van der Waals surface area contributed by atoms with Crippen LogP contribution in [0.5, 0.6) is 0 Å². The molecule has 2 aromatic carbocycles. The number of hydrogen-bond donors (Lipinski definition) is 2. The summed E-state index contributed by atoms with van der Waals surface area (Å²) in [5, 5.41) is 21.2. The third-order valence-electron chi connectivity index (χ3n) is 5.47. The summed E-state index contributed by atoms with van der Waals surface area (Å²) in [5.41, 5.74) is 4.97. The summed E-state index contributed by atoms with van der Waals surface area (Å²) < 4.78 is 2.62. The van der Waals surface area contributed by atoms with Crippen molar-refractivity contribution in [1.29, 1.82) is 0 Å². The molecule has 0 aliphatic heterocycles. The zero-order valence-electron chi connectivity index (χ0n) is 19.7. The van der Waals surface area contributed by atoms with Crippen LogP contribution in [0.2, 0.25) is 0 Å². The Bertz CT molecular complexity index is 776. The van der Waals surface area contributed by atoms with Gasteiger partial charge < -0.3 is 0 Å². The minimum atomic E-state index is -0.409. The third-order valence-corrected chi connectivity index (χ3v) is 12.7. The Morgan fingerprint density at radius 3 is 1.27 bits per heavy atom. The summed E-state index contributed by atoms with van der Waals surface area (Å²) in [4.78, 5) is 0. The first-order chi connectivity index (χ1) is 13.9. The molecule has 0 aliphatic rings. The number of aliphatic hydroxyl groups is 2.